The van der Waals surface area contributed by atoms with Crippen LogP contribution in [0.25, 0.3) is 0 Å². The molecule has 0 saturated carbocycles. The number of rotatable bonds is 35. The summed E-state index contributed by atoms with van der Waals surface area (Å²) in [5, 5.41) is 21.7. The van der Waals surface area contributed by atoms with E-state index in [1.807, 2.05) is 0 Å². The third kappa shape index (κ3) is 30.5. The first-order chi connectivity index (χ1) is 21.1. The van der Waals surface area contributed by atoms with Gasteiger partial charge in [0.25, 0.3) is 0 Å². The van der Waals surface area contributed by atoms with Crippen LogP contribution >= 0.6 is 0 Å². The van der Waals surface area contributed by atoms with Crippen molar-refractivity contribution in [2.24, 2.45) is 0 Å². The van der Waals surface area contributed by atoms with Crippen molar-refractivity contribution < 1.29 is 19.2 Å². The lowest BCUT2D eigenvalue weighted by Gasteiger charge is -2.36. The molecule has 0 rings (SSSR count). The smallest absolute Gasteiger partial charge is 0.134 e. The van der Waals surface area contributed by atoms with Gasteiger partial charge in [0, 0.05) is 0 Å². The van der Waals surface area contributed by atoms with E-state index in [9.17, 15) is 10.2 Å². The van der Waals surface area contributed by atoms with Gasteiger partial charge in [0.05, 0.1) is 41.3 Å². The molecule has 0 heterocycles. The van der Waals surface area contributed by atoms with E-state index >= 15 is 0 Å². The quantitative estimate of drug-likeness (QED) is 0.0543. The molecule has 0 bridgehead atoms. The fourth-order valence-corrected chi connectivity index (χ4v) is 6.91. The van der Waals surface area contributed by atoms with Crippen molar-refractivity contribution >= 4 is 0 Å². The van der Waals surface area contributed by atoms with Crippen LogP contribution in [0.15, 0.2) is 0 Å². The molecule has 2 atom stereocenters. The average Bonchev–Trinajstić information content (AvgIpc) is 2.97. The van der Waals surface area contributed by atoms with Gasteiger partial charge in [0.15, 0.2) is 0 Å². The first-order valence-corrected chi connectivity index (χ1v) is 20.1. The molecule has 2 N–H and O–H groups in total. The molecule has 4 nitrogen and oxygen atoms in total. The van der Waals surface area contributed by atoms with Gasteiger partial charge in [-0.15, -0.1) is 0 Å². The zero-order chi connectivity index (χ0) is 32.8. The Morgan fingerprint density at radius 1 is 0.318 bits per heavy atom. The van der Waals surface area contributed by atoms with E-state index < -0.39 is 12.2 Å². The van der Waals surface area contributed by atoms with Crippen LogP contribution in [0.4, 0.5) is 0 Å². The number of unbranched alkanes of at least 4 members (excludes halogenated alkanes) is 26. The first kappa shape index (κ1) is 43.8. The standard InChI is InChI=1S/C40H86N2O2/c1-7-9-11-13-15-17-19-21-23-25-27-29-31-33-35-41(3,4)37-39(43)40(44)38-42(5,6)36-34-32-30-28-26-24-22-20-18-16-14-12-10-8-2/h39-40,43-44H,7-38H2,1-6H3/q+2. The molecule has 0 aromatic heterocycles. The predicted molar refractivity (Wildman–Crippen MR) is 196 cm³/mol. The van der Waals surface area contributed by atoms with E-state index in [2.05, 4.69) is 42.0 Å². The normalized spacial score (nSPS) is 13.9. The molecule has 0 fully saturated rings. The third-order valence-corrected chi connectivity index (χ3v) is 10.0. The van der Waals surface area contributed by atoms with Crippen LogP contribution in [0, 0.1) is 0 Å². The Hall–Kier alpha value is -0.160. The second-order valence-corrected chi connectivity index (χ2v) is 16.0. The van der Waals surface area contributed by atoms with Crippen molar-refractivity contribution in [2.45, 2.75) is 206 Å². The van der Waals surface area contributed by atoms with E-state index in [-0.39, 0.29) is 0 Å². The van der Waals surface area contributed by atoms with Gasteiger partial charge in [-0.2, -0.15) is 0 Å². The second kappa shape index (κ2) is 30.2. The summed E-state index contributed by atoms with van der Waals surface area (Å²) in [5.74, 6) is 0. The molecule has 2 unspecified atom stereocenters. The van der Waals surface area contributed by atoms with Gasteiger partial charge in [0.1, 0.15) is 25.3 Å². The Kier molecular flexibility index (Phi) is 30.1. The van der Waals surface area contributed by atoms with E-state index in [1.54, 1.807) is 0 Å². The maximum Gasteiger partial charge on any atom is 0.134 e. The van der Waals surface area contributed by atoms with Crippen LogP contribution in [0.5, 0.6) is 0 Å². The van der Waals surface area contributed by atoms with Crippen LogP contribution in [-0.4, -0.2) is 85.8 Å². The summed E-state index contributed by atoms with van der Waals surface area (Å²) in [6.45, 7) is 8.02. The largest absolute Gasteiger partial charge is 0.384 e. The Morgan fingerprint density at radius 2 is 0.500 bits per heavy atom. The SMILES string of the molecule is CCCCCCCCCCCCCCCC[N+](C)(C)CC(O)C(O)C[N+](C)(C)CCCCCCCCCCCCCCCC. The fraction of sp³-hybridized carbons (Fsp3) is 1.00. The third-order valence-electron chi connectivity index (χ3n) is 10.0. The van der Waals surface area contributed by atoms with E-state index in [0.29, 0.717) is 13.1 Å². The second-order valence-electron chi connectivity index (χ2n) is 16.0. The maximum atomic E-state index is 10.9. The Bertz CT molecular complexity index is 530. The van der Waals surface area contributed by atoms with Crippen molar-refractivity contribution in [3.63, 3.8) is 0 Å². The van der Waals surface area contributed by atoms with Gasteiger partial charge in [0.2, 0.25) is 0 Å². The summed E-state index contributed by atoms with van der Waals surface area (Å²) in [5.41, 5.74) is 0. The lowest BCUT2D eigenvalue weighted by molar-refractivity contribution is -0.902. The topological polar surface area (TPSA) is 40.5 Å². The molecule has 0 aromatic rings. The molecule has 0 saturated heterocycles. The molecule has 0 amide bonds. The van der Waals surface area contributed by atoms with Gasteiger partial charge in [-0.1, -0.05) is 168 Å². The molecule has 0 aliphatic rings. The summed E-state index contributed by atoms with van der Waals surface area (Å²) >= 11 is 0. The minimum absolute atomic E-state index is 0.637. The van der Waals surface area contributed by atoms with Crippen LogP contribution in [0.3, 0.4) is 0 Å². The zero-order valence-corrected chi connectivity index (χ0v) is 31.6. The minimum atomic E-state index is -0.648. The number of nitrogens with zero attached hydrogens (tertiary/aromatic N) is 2. The van der Waals surface area contributed by atoms with Crippen molar-refractivity contribution in [1.82, 2.24) is 0 Å². The Balaban J connectivity index is 3.77. The van der Waals surface area contributed by atoms with Gasteiger partial charge >= 0.3 is 0 Å². The van der Waals surface area contributed by atoms with Gasteiger partial charge in [-0.05, 0) is 25.7 Å². The number of quaternary nitrogens is 2. The highest BCUT2D eigenvalue weighted by Crippen LogP contribution is 2.16. The highest BCUT2D eigenvalue weighted by Gasteiger charge is 2.30. The highest BCUT2D eigenvalue weighted by atomic mass is 16.3. The van der Waals surface area contributed by atoms with Crippen molar-refractivity contribution in [2.75, 3.05) is 54.4 Å². The molecule has 4 heteroatoms. The first-order valence-electron chi connectivity index (χ1n) is 20.1. The van der Waals surface area contributed by atoms with Gasteiger partial charge < -0.3 is 19.2 Å². The molecular weight excluding hydrogens is 540 g/mol. The average molecular weight is 627 g/mol. The monoisotopic (exact) mass is 627 g/mol. The molecule has 0 radical (unpaired) electrons. The number of likely N-dealkylation sites (N-methyl/N-ethyl adjacent to an activating group) is 2. The summed E-state index contributed by atoms with van der Waals surface area (Å²) in [4.78, 5) is 0. The zero-order valence-electron chi connectivity index (χ0n) is 31.6. The lowest BCUT2D eigenvalue weighted by atomic mass is 10.0. The Labute approximate surface area is 279 Å². The molecule has 266 valence electrons. The predicted octanol–water partition coefficient (Wildman–Crippen LogP) is 10.8. The number of hydrogen-bond donors (Lipinski definition) is 2. The summed E-state index contributed by atoms with van der Waals surface area (Å²) in [7, 11) is 8.86. The minimum Gasteiger partial charge on any atom is -0.384 e. The molecule has 44 heavy (non-hydrogen) atoms. The summed E-state index contributed by atoms with van der Waals surface area (Å²) in [6, 6.07) is 0. The van der Waals surface area contributed by atoms with E-state index in [1.165, 1.54) is 180 Å². The molecule has 0 aromatic carbocycles. The van der Waals surface area contributed by atoms with E-state index in [0.717, 1.165) is 22.1 Å². The number of aliphatic hydroxyl groups excluding tert-OH is 2. The molecule has 0 aliphatic carbocycles. The fourth-order valence-electron chi connectivity index (χ4n) is 6.91. The summed E-state index contributed by atoms with van der Waals surface area (Å²) in [6.07, 6.45) is 37.5. The van der Waals surface area contributed by atoms with Gasteiger partial charge in [-0.3, -0.25) is 0 Å². The van der Waals surface area contributed by atoms with Crippen LogP contribution in [0.1, 0.15) is 194 Å². The van der Waals surface area contributed by atoms with Crippen molar-refractivity contribution in [1.29, 1.82) is 0 Å². The molecular formula is C40H86N2O2+2. The lowest BCUT2D eigenvalue weighted by Crippen LogP contribution is -2.54. The number of hydrogen-bond acceptors (Lipinski definition) is 2. The van der Waals surface area contributed by atoms with Crippen molar-refractivity contribution in [3.8, 4) is 0 Å². The molecule has 0 aliphatic heterocycles. The summed E-state index contributed by atoms with van der Waals surface area (Å²) < 4.78 is 1.59. The van der Waals surface area contributed by atoms with Crippen LogP contribution < -0.4 is 0 Å². The van der Waals surface area contributed by atoms with E-state index in [4.69, 9.17) is 0 Å². The van der Waals surface area contributed by atoms with Gasteiger partial charge in [-0.25, -0.2) is 0 Å². The number of aliphatic hydroxyl groups is 2. The maximum absolute atomic E-state index is 10.9. The van der Waals surface area contributed by atoms with Crippen LogP contribution in [-0.2, 0) is 0 Å². The van der Waals surface area contributed by atoms with Crippen LogP contribution in [0.2, 0.25) is 0 Å². The Morgan fingerprint density at radius 3 is 0.705 bits per heavy atom. The highest BCUT2D eigenvalue weighted by molar-refractivity contribution is 4.67. The molecule has 0 spiro atoms. The van der Waals surface area contributed by atoms with Crippen molar-refractivity contribution in [3.05, 3.63) is 0 Å².